The molecule has 1 aliphatic heterocycles. The maximum Gasteiger partial charge on any atom is 0.0454 e. The summed E-state index contributed by atoms with van der Waals surface area (Å²) >= 11 is 0. The van der Waals surface area contributed by atoms with Crippen LogP contribution in [0.3, 0.4) is 0 Å². The van der Waals surface area contributed by atoms with Gasteiger partial charge in [0.05, 0.1) is 0 Å². The van der Waals surface area contributed by atoms with Crippen molar-refractivity contribution in [3.63, 3.8) is 0 Å². The minimum absolute atomic E-state index is 0.229. The third kappa shape index (κ3) is 2.26. The molecule has 0 radical (unpaired) electrons. The van der Waals surface area contributed by atoms with Gasteiger partial charge in [-0.05, 0) is 54.1 Å². The molecule has 2 N–H and O–H groups in total. The molecule has 1 atom stereocenters. The molecule has 1 fully saturated rings. The van der Waals surface area contributed by atoms with E-state index < -0.39 is 0 Å². The van der Waals surface area contributed by atoms with E-state index in [9.17, 15) is 0 Å². The Morgan fingerprint density at radius 1 is 1.00 bits per heavy atom. The number of rotatable bonds is 3. The van der Waals surface area contributed by atoms with Crippen molar-refractivity contribution in [3.8, 4) is 0 Å². The van der Waals surface area contributed by atoms with Crippen LogP contribution in [0.4, 0.5) is 0 Å². The molecule has 0 aliphatic carbocycles. The molecule has 4 rings (SSSR count). The van der Waals surface area contributed by atoms with Gasteiger partial charge < -0.3 is 10.3 Å². The minimum Gasteiger partial charge on any atom is -0.361 e. The Hall–Kier alpha value is -2.06. The summed E-state index contributed by atoms with van der Waals surface area (Å²) in [6.07, 6.45) is 4.33. The van der Waals surface area contributed by atoms with Crippen LogP contribution in [0.25, 0.3) is 10.9 Å². The van der Waals surface area contributed by atoms with E-state index in [1.54, 1.807) is 0 Å². The summed E-state index contributed by atoms with van der Waals surface area (Å²) in [6.45, 7) is 2.18. The highest BCUT2D eigenvalue weighted by molar-refractivity contribution is 5.80. The topological polar surface area (TPSA) is 27.8 Å². The zero-order valence-corrected chi connectivity index (χ0v) is 12.1. The largest absolute Gasteiger partial charge is 0.361 e. The quantitative estimate of drug-likeness (QED) is 0.751. The van der Waals surface area contributed by atoms with Crippen molar-refractivity contribution in [2.75, 3.05) is 13.1 Å². The number of fused-ring (bicyclic) bond motifs is 1. The first-order valence-electron chi connectivity index (χ1n) is 7.68. The van der Waals surface area contributed by atoms with Crippen LogP contribution in [0.5, 0.6) is 0 Å². The average molecular weight is 276 g/mol. The molecule has 0 bridgehead atoms. The molecule has 2 nitrogen and oxygen atoms in total. The maximum atomic E-state index is 3.57. The lowest BCUT2D eigenvalue weighted by Crippen LogP contribution is -2.31. The van der Waals surface area contributed by atoms with E-state index in [0.717, 1.165) is 19.5 Å². The first kappa shape index (κ1) is 12.7. The van der Waals surface area contributed by atoms with Gasteiger partial charge in [0.2, 0.25) is 0 Å². The molecular formula is C19H20N2. The molecule has 2 heterocycles. The number of aromatic nitrogens is 1. The van der Waals surface area contributed by atoms with Gasteiger partial charge in [0.25, 0.3) is 0 Å². The highest BCUT2D eigenvalue weighted by atomic mass is 14.9. The van der Waals surface area contributed by atoms with Crippen LogP contribution >= 0.6 is 0 Å². The Labute approximate surface area is 125 Å². The Bertz CT molecular complexity index is 736. The van der Waals surface area contributed by atoms with Gasteiger partial charge in [-0.3, -0.25) is 0 Å². The van der Waals surface area contributed by atoms with E-state index in [1.807, 2.05) is 6.20 Å². The molecule has 0 amide bonds. The number of hydrogen-bond acceptors (Lipinski definition) is 1. The van der Waals surface area contributed by atoms with Crippen molar-refractivity contribution < 1.29 is 0 Å². The lowest BCUT2D eigenvalue weighted by Gasteiger charge is -2.29. The second kappa shape index (κ2) is 5.05. The zero-order chi connectivity index (χ0) is 14.1. The summed E-state index contributed by atoms with van der Waals surface area (Å²) in [4.78, 5) is 3.28. The number of H-pyrrole nitrogens is 1. The molecule has 1 saturated heterocycles. The van der Waals surface area contributed by atoms with Gasteiger partial charge in [0.1, 0.15) is 0 Å². The standard InChI is InChI=1S/C19H20N2/c1-2-4-15(5-3-1)13-19(9-11-20-14-19)17-6-7-18-16(12-17)8-10-21-18/h1-8,10,12,20-21H,9,11,13-14H2/t19-/m0/s1. The number of benzene rings is 2. The van der Waals surface area contributed by atoms with Gasteiger partial charge >= 0.3 is 0 Å². The molecule has 0 spiro atoms. The van der Waals surface area contributed by atoms with Gasteiger partial charge in [-0.15, -0.1) is 0 Å². The first-order valence-corrected chi connectivity index (χ1v) is 7.68. The van der Waals surface area contributed by atoms with Crippen molar-refractivity contribution in [1.82, 2.24) is 10.3 Å². The van der Waals surface area contributed by atoms with Crippen LogP contribution in [0.15, 0.2) is 60.8 Å². The summed E-state index contributed by atoms with van der Waals surface area (Å²) in [5.74, 6) is 0. The Balaban J connectivity index is 1.76. The molecular weight excluding hydrogens is 256 g/mol. The molecule has 1 aliphatic rings. The molecule has 0 saturated carbocycles. The van der Waals surface area contributed by atoms with E-state index in [-0.39, 0.29) is 5.41 Å². The highest BCUT2D eigenvalue weighted by Gasteiger charge is 2.35. The lowest BCUT2D eigenvalue weighted by atomic mass is 9.74. The molecule has 3 aromatic rings. The molecule has 0 unspecified atom stereocenters. The van der Waals surface area contributed by atoms with Gasteiger partial charge in [-0.1, -0.05) is 36.4 Å². The lowest BCUT2D eigenvalue weighted by molar-refractivity contribution is 0.468. The number of aromatic amines is 1. The SMILES string of the molecule is c1ccc(C[C@@]2(c3ccc4[nH]ccc4c3)CCNC2)cc1. The number of nitrogens with one attached hydrogen (secondary N) is 2. The third-order valence-electron chi connectivity index (χ3n) is 4.79. The summed E-state index contributed by atoms with van der Waals surface area (Å²) in [5.41, 5.74) is 4.34. The van der Waals surface area contributed by atoms with Crippen LogP contribution in [0.1, 0.15) is 17.5 Å². The van der Waals surface area contributed by atoms with E-state index >= 15 is 0 Å². The van der Waals surface area contributed by atoms with Gasteiger partial charge in [0, 0.05) is 23.7 Å². The van der Waals surface area contributed by atoms with Gasteiger partial charge in [-0.25, -0.2) is 0 Å². The molecule has 21 heavy (non-hydrogen) atoms. The average Bonchev–Trinajstić information content (AvgIpc) is 3.17. The molecule has 2 aromatic carbocycles. The zero-order valence-electron chi connectivity index (χ0n) is 12.1. The fourth-order valence-corrected chi connectivity index (χ4v) is 3.61. The Morgan fingerprint density at radius 3 is 2.71 bits per heavy atom. The van der Waals surface area contributed by atoms with Crippen LogP contribution in [-0.4, -0.2) is 18.1 Å². The van der Waals surface area contributed by atoms with Crippen molar-refractivity contribution in [2.45, 2.75) is 18.3 Å². The predicted octanol–water partition coefficient (Wildman–Crippen LogP) is 3.64. The van der Waals surface area contributed by atoms with Crippen LogP contribution in [0, 0.1) is 0 Å². The van der Waals surface area contributed by atoms with Crippen LogP contribution in [0.2, 0.25) is 0 Å². The van der Waals surface area contributed by atoms with Crippen molar-refractivity contribution in [1.29, 1.82) is 0 Å². The van der Waals surface area contributed by atoms with Gasteiger partial charge in [0.15, 0.2) is 0 Å². The maximum absolute atomic E-state index is 3.57. The van der Waals surface area contributed by atoms with Crippen LogP contribution in [-0.2, 0) is 11.8 Å². The van der Waals surface area contributed by atoms with Crippen molar-refractivity contribution in [3.05, 3.63) is 71.9 Å². The minimum atomic E-state index is 0.229. The van der Waals surface area contributed by atoms with E-state index in [1.165, 1.54) is 28.5 Å². The highest BCUT2D eigenvalue weighted by Crippen LogP contribution is 2.35. The smallest absolute Gasteiger partial charge is 0.0454 e. The first-order chi connectivity index (χ1) is 10.4. The van der Waals surface area contributed by atoms with Crippen LogP contribution < -0.4 is 5.32 Å². The fraction of sp³-hybridized carbons (Fsp3) is 0.263. The summed E-state index contributed by atoms with van der Waals surface area (Å²) in [7, 11) is 0. The van der Waals surface area contributed by atoms with Crippen molar-refractivity contribution >= 4 is 10.9 Å². The van der Waals surface area contributed by atoms with Crippen molar-refractivity contribution in [2.24, 2.45) is 0 Å². The summed E-state index contributed by atoms with van der Waals surface area (Å²) in [5, 5.41) is 4.88. The van der Waals surface area contributed by atoms with E-state index in [4.69, 9.17) is 0 Å². The summed E-state index contributed by atoms with van der Waals surface area (Å²) in [6, 6.07) is 19.9. The third-order valence-corrected chi connectivity index (χ3v) is 4.79. The number of hydrogen-bond donors (Lipinski definition) is 2. The fourth-order valence-electron chi connectivity index (χ4n) is 3.61. The molecule has 2 heteroatoms. The second-order valence-electron chi connectivity index (χ2n) is 6.15. The van der Waals surface area contributed by atoms with E-state index in [2.05, 4.69) is 64.9 Å². The normalized spacial score (nSPS) is 21.9. The Morgan fingerprint density at radius 2 is 1.90 bits per heavy atom. The predicted molar refractivity (Wildman–Crippen MR) is 87.6 cm³/mol. The summed E-state index contributed by atoms with van der Waals surface area (Å²) < 4.78 is 0. The molecule has 106 valence electrons. The van der Waals surface area contributed by atoms with Gasteiger partial charge in [-0.2, -0.15) is 0 Å². The second-order valence-corrected chi connectivity index (χ2v) is 6.15. The monoisotopic (exact) mass is 276 g/mol. The van der Waals surface area contributed by atoms with E-state index in [0.29, 0.717) is 0 Å². The molecule has 1 aromatic heterocycles. The Kier molecular flexibility index (Phi) is 3.04.